The zero-order valence-corrected chi connectivity index (χ0v) is 13.5. The zero-order chi connectivity index (χ0) is 15.5. The fourth-order valence-electron chi connectivity index (χ4n) is 2.62. The lowest BCUT2D eigenvalue weighted by atomic mass is 10.3. The van der Waals surface area contributed by atoms with Gasteiger partial charge in [-0.05, 0) is 38.0 Å². The molecule has 3 rings (SSSR count). The van der Waals surface area contributed by atoms with Gasteiger partial charge in [0, 0.05) is 24.8 Å². The first-order chi connectivity index (χ1) is 10.7. The second kappa shape index (κ2) is 6.40. The molecule has 0 aliphatic carbocycles. The van der Waals surface area contributed by atoms with Gasteiger partial charge in [-0.3, -0.25) is 0 Å². The molecule has 0 bridgehead atoms. The van der Waals surface area contributed by atoms with E-state index in [-0.39, 0.29) is 0 Å². The number of benzene rings is 1. The number of ether oxygens (including phenoxy) is 1. The molecule has 0 unspecified atom stereocenters. The predicted octanol–water partition coefficient (Wildman–Crippen LogP) is 3.79. The van der Waals surface area contributed by atoms with Crippen molar-refractivity contribution in [3.63, 3.8) is 0 Å². The van der Waals surface area contributed by atoms with E-state index in [4.69, 9.17) is 16.3 Å². The van der Waals surface area contributed by atoms with Crippen LogP contribution in [-0.2, 0) is 0 Å². The largest absolute Gasteiger partial charge is 0.495 e. The molecule has 0 amide bonds. The Morgan fingerprint density at radius 2 is 1.95 bits per heavy atom. The highest BCUT2D eigenvalue weighted by molar-refractivity contribution is 6.32. The molecule has 6 heteroatoms. The van der Waals surface area contributed by atoms with E-state index in [1.165, 1.54) is 12.8 Å². The van der Waals surface area contributed by atoms with Gasteiger partial charge in [-0.1, -0.05) is 11.6 Å². The number of aromatic nitrogens is 2. The van der Waals surface area contributed by atoms with Gasteiger partial charge in [0.05, 0.1) is 12.1 Å². The van der Waals surface area contributed by atoms with Crippen molar-refractivity contribution in [3.05, 3.63) is 35.1 Å². The number of halogens is 1. The maximum absolute atomic E-state index is 6.16. The summed E-state index contributed by atoms with van der Waals surface area (Å²) in [6.07, 6.45) is 2.44. The quantitative estimate of drug-likeness (QED) is 0.929. The molecule has 1 aliphatic heterocycles. The summed E-state index contributed by atoms with van der Waals surface area (Å²) in [7, 11) is 1.60. The zero-order valence-electron chi connectivity index (χ0n) is 12.8. The van der Waals surface area contributed by atoms with Crippen LogP contribution in [0.3, 0.4) is 0 Å². The predicted molar refractivity (Wildman–Crippen MR) is 89.5 cm³/mol. The van der Waals surface area contributed by atoms with Crippen LogP contribution in [0.2, 0.25) is 5.02 Å². The van der Waals surface area contributed by atoms with Gasteiger partial charge in [-0.2, -0.15) is 0 Å². The number of aryl methyl sites for hydroxylation is 1. The summed E-state index contributed by atoms with van der Waals surface area (Å²) in [4.78, 5) is 11.3. The third-order valence-electron chi connectivity index (χ3n) is 3.68. The van der Waals surface area contributed by atoms with Crippen LogP contribution in [0.5, 0.6) is 5.75 Å². The Labute approximate surface area is 135 Å². The van der Waals surface area contributed by atoms with E-state index < -0.39 is 0 Å². The number of anilines is 3. The molecule has 5 nitrogen and oxygen atoms in total. The van der Waals surface area contributed by atoms with Crippen molar-refractivity contribution in [3.8, 4) is 5.75 Å². The Hall–Kier alpha value is -2.01. The maximum Gasteiger partial charge on any atom is 0.137 e. The van der Waals surface area contributed by atoms with Crippen molar-refractivity contribution in [2.24, 2.45) is 0 Å². The minimum atomic E-state index is 0.568. The first kappa shape index (κ1) is 14.9. The molecule has 22 heavy (non-hydrogen) atoms. The Balaban J connectivity index is 1.83. The monoisotopic (exact) mass is 318 g/mol. The van der Waals surface area contributed by atoms with E-state index in [1.807, 2.05) is 31.2 Å². The summed E-state index contributed by atoms with van der Waals surface area (Å²) in [6, 6.07) is 7.56. The van der Waals surface area contributed by atoms with Crippen molar-refractivity contribution >= 4 is 28.9 Å². The average Bonchev–Trinajstić information content (AvgIpc) is 3.01. The molecule has 2 aromatic rings. The highest BCUT2D eigenvalue weighted by Crippen LogP contribution is 2.29. The van der Waals surface area contributed by atoms with Crippen LogP contribution >= 0.6 is 11.6 Å². The maximum atomic E-state index is 6.16. The van der Waals surface area contributed by atoms with Crippen LogP contribution in [-0.4, -0.2) is 30.2 Å². The Morgan fingerprint density at radius 3 is 2.64 bits per heavy atom. The van der Waals surface area contributed by atoms with Gasteiger partial charge in [0.2, 0.25) is 0 Å². The molecule has 1 aliphatic rings. The molecule has 1 fully saturated rings. The number of methoxy groups -OCH3 is 1. The Morgan fingerprint density at radius 1 is 1.18 bits per heavy atom. The van der Waals surface area contributed by atoms with Crippen molar-refractivity contribution < 1.29 is 4.74 Å². The lowest BCUT2D eigenvalue weighted by molar-refractivity contribution is 0.415. The summed E-state index contributed by atoms with van der Waals surface area (Å²) in [6.45, 7) is 4.03. The fraction of sp³-hybridized carbons (Fsp3) is 0.375. The molecule has 0 saturated carbocycles. The van der Waals surface area contributed by atoms with Gasteiger partial charge < -0.3 is 15.0 Å². The first-order valence-corrected chi connectivity index (χ1v) is 7.75. The van der Waals surface area contributed by atoms with Crippen LogP contribution < -0.4 is 15.0 Å². The topological polar surface area (TPSA) is 50.3 Å². The third kappa shape index (κ3) is 3.25. The van der Waals surface area contributed by atoms with E-state index in [0.717, 1.165) is 36.2 Å². The number of nitrogens with one attached hydrogen (secondary N) is 1. The van der Waals surface area contributed by atoms with Gasteiger partial charge >= 0.3 is 0 Å². The second-order valence-corrected chi connectivity index (χ2v) is 5.73. The average molecular weight is 319 g/mol. The van der Waals surface area contributed by atoms with Gasteiger partial charge in [0.1, 0.15) is 23.2 Å². The second-order valence-electron chi connectivity index (χ2n) is 5.33. The molecule has 0 atom stereocenters. The van der Waals surface area contributed by atoms with Crippen LogP contribution in [0, 0.1) is 6.92 Å². The van der Waals surface area contributed by atoms with Crippen molar-refractivity contribution in [1.29, 1.82) is 0 Å². The smallest absolute Gasteiger partial charge is 0.137 e. The number of hydrogen-bond donors (Lipinski definition) is 1. The van der Waals surface area contributed by atoms with E-state index in [1.54, 1.807) is 7.11 Å². The SMILES string of the molecule is COc1ccc(Nc2cc(N3CCCC3)nc(C)n2)cc1Cl. The normalized spacial score (nSPS) is 14.2. The van der Waals surface area contributed by atoms with Gasteiger partial charge in [0.25, 0.3) is 0 Å². The molecule has 1 saturated heterocycles. The number of hydrogen-bond acceptors (Lipinski definition) is 5. The molecular weight excluding hydrogens is 300 g/mol. The lowest BCUT2D eigenvalue weighted by Gasteiger charge is -2.18. The van der Waals surface area contributed by atoms with Crippen molar-refractivity contribution in [1.82, 2.24) is 9.97 Å². The minimum Gasteiger partial charge on any atom is -0.495 e. The first-order valence-electron chi connectivity index (χ1n) is 7.37. The van der Waals surface area contributed by atoms with Gasteiger partial charge in [-0.15, -0.1) is 0 Å². The van der Waals surface area contributed by atoms with Crippen LogP contribution in [0.4, 0.5) is 17.3 Å². The molecule has 0 radical (unpaired) electrons. The standard InChI is InChI=1S/C16H19ClN4O/c1-11-18-15(10-16(19-11)21-7-3-4-8-21)20-12-5-6-14(22-2)13(17)9-12/h5-6,9-10H,3-4,7-8H2,1-2H3,(H,18,19,20). The molecular formula is C16H19ClN4O. The van der Waals surface area contributed by atoms with E-state index >= 15 is 0 Å². The molecule has 1 aromatic carbocycles. The molecule has 1 aromatic heterocycles. The highest BCUT2D eigenvalue weighted by Gasteiger charge is 2.15. The van der Waals surface area contributed by atoms with Gasteiger partial charge in [-0.25, -0.2) is 9.97 Å². The number of nitrogens with zero attached hydrogens (tertiary/aromatic N) is 3. The Bertz CT molecular complexity index is 671. The molecule has 2 heterocycles. The Kier molecular flexibility index (Phi) is 4.34. The molecule has 1 N–H and O–H groups in total. The summed E-state index contributed by atoms with van der Waals surface area (Å²) in [5, 5.41) is 3.85. The summed E-state index contributed by atoms with van der Waals surface area (Å²) >= 11 is 6.16. The highest BCUT2D eigenvalue weighted by atomic mass is 35.5. The van der Waals surface area contributed by atoms with Crippen LogP contribution in [0.1, 0.15) is 18.7 Å². The lowest BCUT2D eigenvalue weighted by Crippen LogP contribution is -2.19. The van der Waals surface area contributed by atoms with Crippen molar-refractivity contribution in [2.45, 2.75) is 19.8 Å². The van der Waals surface area contributed by atoms with Crippen molar-refractivity contribution in [2.75, 3.05) is 30.4 Å². The van der Waals surface area contributed by atoms with E-state index in [2.05, 4.69) is 20.2 Å². The minimum absolute atomic E-state index is 0.568. The summed E-state index contributed by atoms with van der Waals surface area (Å²) in [5.74, 6) is 3.16. The van der Waals surface area contributed by atoms with Crippen LogP contribution in [0.25, 0.3) is 0 Å². The third-order valence-corrected chi connectivity index (χ3v) is 3.97. The summed E-state index contributed by atoms with van der Waals surface area (Å²) < 4.78 is 5.16. The van der Waals surface area contributed by atoms with E-state index in [0.29, 0.717) is 10.8 Å². The van der Waals surface area contributed by atoms with Crippen LogP contribution in [0.15, 0.2) is 24.3 Å². The number of rotatable bonds is 4. The summed E-state index contributed by atoms with van der Waals surface area (Å²) in [5.41, 5.74) is 0.872. The van der Waals surface area contributed by atoms with E-state index in [9.17, 15) is 0 Å². The van der Waals surface area contributed by atoms with Gasteiger partial charge in [0.15, 0.2) is 0 Å². The molecule has 0 spiro atoms. The fourth-order valence-corrected chi connectivity index (χ4v) is 2.87. The molecule has 116 valence electrons.